The second kappa shape index (κ2) is 11.3. The molecule has 0 spiro atoms. The van der Waals surface area contributed by atoms with E-state index >= 15 is 0 Å². The van der Waals surface area contributed by atoms with Crippen molar-refractivity contribution in [3.05, 3.63) is 66.1 Å². The van der Waals surface area contributed by atoms with E-state index in [4.69, 9.17) is 9.15 Å². The number of aromatic nitrogens is 1. The van der Waals surface area contributed by atoms with E-state index in [1.807, 2.05) is 49.4 Å². The summed E-state index contributed by atoms with van der Waals surface area (Å²) < 4.78 is 10.7. The molecule has 3 N–H and O–H groups in total. The fourth-order valence-corrected chi connectivity index (χ4v) is 2.64. The molecule has 3 aromatic rings. The van der Waals surface area contributed by atoms with Crippen molar-refractivity contribution in [2.75, 3.05) is 13.7 Å². The zero-order chi connectivity index (χ0) is 19.8. The van der Waals surface area contributed by atoms with Gasteiger partial charge in [0, 0.05) is 17.7 Å². The van der Waals surface area contributed by atoms with Crippen LogP contribution in [0.2, 0.25) is 0 Å². The number of guanidine groups is 1. The molecule has 0 aliphatic rings. The Morgan fingerprint density at radius 1 is 1.14 bits per heavy atom. The van der Waals surface area contributed by atoms with Gasteiger partial charge in [-0.2, -0.15) is 0 Å². The highest BCUT2D eigenvalue weighted by atomic mass is 127. The second-order valence-corrected chi connectivity index (χ2v) is 6.03. The van der Waals surface area contributed by atoms with Gasteiger partial charge in [0.2, 0.25) is 5.89 Å². The van der Waals surface area contributed by atoms with E-state index in [1.54, 1.807) is 12.3 Å². The molecule has 1 aromatic heterocycles. The van der Waals surface area contributed by atoms with Gasteiger partial charge in [-0.1, -0.05) is 30.3 Å². The Kier molecular flexibility index (Phi) is 8.78. The molecule has 0 aliphatic carbocycles. The van der Waals surface area contributed by atoms with Gasteiger partial charge in [-0.3, -0.25) is 0 Å². The number of benzene rings is 2. The number of ether oxygens (including phenoxy) is 1. The molecule has 0 fully saturated rings. The summed E-state index contributed by atoms with van der Waals surface area (Å²) in [7, 11) is 1.52. The van der Waals surface area contributed by atoms with Gasteiger partial charge < -0.3 is 24.9 Å². The van der Waals surface area contributed by atoms with Gasteiger partial charge in [-0.05, 0) is 25.1 Å². The van der Waals surface area contributed by atoms with Crippen LogP contribution in [0.4, 0.5) is 0 Å². The predicted molar refractivity (Wildman–Crippen MR) is 124 cm³/mol. The Morgan fingerprint density at radius 2 is 1.93 bits per heavy atom. The standard InChI is InChI=1S/C21H24N4O3.HI/c1-3-22-21(23-12-16-10-7-11-18(27-2)19(16)26)24-13-17-14-28-20(25-17)15-8-5-4-6-9-15;/h4-11,14,26H,3,12-13H2,1-2H3,(H2,22,23,24);1H. The van der Waals surface area contributed by atoms with Crippen molar-refractivity contribution >= 4 is 29.9 Å². The summed E-state index contributed by atoms with van der Waals surface area (Å²) in [6, 6.07) is 15.1. The Labute approximate surface area is 187 Å². The van der Waals surface area contributed by atoms with E-state index in [0.717, 1.165) is 11.3 Å². The Balaban J connectivity index is 0.00000300. The first-order valence-corrected chi connectivity index (χ1v) is 9.08. The van der Waals surface area contributed by atoms with Crippen LogP contribution in [0, 0.1) is 0 Å². The van der Waals surface area contributed by atoms with Crippen LogP contribution in [-0.4, -0.2) is 29.7 Å². The highest BCUT2D eigenvalue weighted by Gasteiger charge is 2.09. The molecule has 154 valence electrons. The van der Waals surface area contributed by atoms with Gasteiger partial charge in [0.05, 0.1) is 25.9 Å². The number of halogens is 1. The fourth-order valence-electron chi connectivity index (χ4n) is 2.64. The van der Waals surface area contributed by atoms with Gasteiger partial charge in [0.25, 0.3) is 0 Å². The molecule has 7 nitrogen and oxygen atoms in total. The average molecular weight is 508 g/mol. The minimum atomic E-state index is 0. The molecule has 29 heavy (non-hydrogen) atoms. The molecular formula is C21H25IN4O3. The number of aromatic hydroxyl groups is 1. The lowest BCUT2D eigenvalue weighted by molar-refractivity contribution is 0.370. The number of phenolic OH excluding ortho intramolecular Hbond substituents is 1. The average Bonchev–Trinajstić information content (AvgIpc) is 3.21. The molecule has 0 amide bonds. The molecule has 0 radical (unpaired) electrons. The summed E-state index contributed by atoms with van der Waals surface area (Å²) in [6.07, 6.45) is 1.63. The highest BCUT2D eigenvalue weighted by Crippen LogP contribution is 2.29. The Morgan fingerprint density at radius 3 is 2.66 bits per heavy atom. The monoisotopic (exact) mass is 508 g/mol. The summed E-state index contributed by atoms with van der Waals surface area (Å²) >= 11 is 0. The second-order valence-electron chi connectivity index (χ2n) is 6.03. The lowest BCUT2D eigenvalue weighted by Gasteiger charge is -2.11. The maximum absolute atomic E-state index is 10.2. The smallest absolute Gasteiger partial charge is 0.226 e. The van der Waals surface area contributed by atoms with Crippen LogP contribution < -0.4 is 15.4 Å². The molecule has 0 saturated carbocycles. The summed E-state index contributed by atoms with van der Waals surface area (Å²) in [5.74, 6) is 1.74. The number of hydrogen-bond acceptors (Lipinski definition) is 5. The number of hydrogen-bond donors (Lipinski definition) is 3. The Hall–Kier alpha value is -2.75. The number of methoxy groups -OCH3 is 1. The summed E-state index contributed by atoms with van der Waals surface area (Å²) in [6.45, 7) is 3.48. The first-order chi connectivity index (χ1) is 13.7. The zero-order valence-electron chi connectivity index (χ0n) is 16.4. The van der Waals surface area contributed by atoms with E-state index in [-0.39, 0.29) is 29.7 Å². The van der Waals surface area contributed by atoms with Crippen molar-refractivity contribution in [1.82, 2.24) is 15.6 Å². The first kappa shape index (κ1) is 22.5. The third-order valence-corrected chi connectivity index (χ3v) is 4.06. The molecule has 3 rings (SSSR count). The SMILES string of the molecule is CCNC(=NCc1cccc(OC)c1O)NCc1coc(-c2ccccc2)n1.I. The van der Waals surface area contributed by atoms with Crippen LogP contribution in [0.3, 0.4) is 0 Å². The molecule has 8 heteroatoms. The van der Waals surface area contributed by atoms with E-state index in [1.165, 1.54) is 7.11 Å². The minimum absolute atomic E-state index is 0. The third kappa shape index (κ3) is 6.11. The van der Waals surface area contributed by atoms with Crippen LogP contribution in [0.15, 0.2) is 64.2 Å². The fraction of sp³-hybridized carbons (Fsp3) is 0.238. The van der Waals surface area contributed by atoms with Gasteiger partial charge in [0.1, 0.15) is 6.26 Å². The van der Waals surface area contributed by atoms with E-state index in [9.17, 15) is 5.11 Å². The van der Waals surface area contributed by atoms with Gasteiger partial charge in [0.15, 0.2) is 17.5 Å². The Bertz CT molecular complexity index is 929. The number of aliphatic imine (C=N–C) groups is 1. The molecule has 0 bridgehead atoms. The van der Waals surface area contributed by atoms with Gasteiger partial charge >= 0.3 is 0 Å². The molecule has 0 atom stereocenters. The minimum Gasteiger partial charge on any atom is -0.504 e. The van der Waals surface area contributed by atoms with Crippen LogP contribution in [0.25, 0.3) is 11.5 Å². The predicted octanol–water partition coefficient (Wildman–Crippen LogP) is 3.93. The lowest BCUT2D eigenvalue weighted by atomic mass is 10.2. The first-order valence-electron chi connectivity index (χ1n) is 9.08. The maximum atomic E-state index is 10.2. The van der Waals surface area contributed by atoms with E-state index in [0.29, 0.717) is 42.8 Å². The van der Waals surface area contributed by atoms with Crippen LogP contribution in [0.1, 0.15) is 18.2 Å². The van der Waals surface area contributed by atoms with Crippen LogP contribution in [-0.2, 0) is 13.1 Å². The maximum Gasteiger partial charge on any atom is 0.226 e. The number of nitrogens with zero attached hydrogens (tertiary/aromatic N) is 2. The zero-order valence-corrected chi connectivity index (χ0v) is 18.7. The van der Waals surface area contributed by atoms with E-state index in [2.05, 4.69) is 20.6 Å². The van der Waals surface area contributed by atoms with Crippen molar-refractivity contribution in [3.8, 4) is 23.0 Å². The van der Waals surface area contributed by atoms with E-state index < -0.39 is 0 Å². The largest absolute Gasteiger partial charge is 0.504 e. The number of para-hydroxylation sites is 1. The molecule has 0 aliphatic heterocycles. The third-order valence-electron chi connectivity index (χ3n) is 4.06. The summed E-state index contributed by atoms with van der Waals surface area (Å²) in [5.41, 5.74) is 2.39. The van der Waals surface area contributed by atoms with Crippen molar-refractivity contribution in [1.29, 1.82) is 0 Å². The van der Waals surface area contributed by atoms with Crippen molar-refractivity contribution in [2.45, 2.75) is 20.0 Å². The number of oxazole rings is 1. The number of phenols is 1. The quantitative estimate of drug-likeness (QED) is 0.255. The van der Waals surface area contributed by atoms with Crippen LogP contribution >= 0.6 is 24.0 Å². The molecule has 2 aromatic carbocycles. The molecule has 0 unspecified atom stereocenters. The van der Waals surface area contributed by atoms with Crippen molar-refractivity contribution in [2.24, 2.45) is 4.99 Å². The normalized spacial score (nSPS) is 10.9. The van der Waals surface area contributed by atoms with Crippen LogP contribution in [0.5, 0.6) is 11.5 Å². The highest BCUT2D eigenvalue weighted by molar-refractivity contribution is 14.0. The van der Waals surface area contributed by atoms with Gasteiger partial charge in [-0.25, -0.2) is 9.98 Å². The molecular weight excluding hydrogens is 483 g/mol. The number of nitrogens with one attached hydrogen (secondary N) is 2. The summed E-state index contributed by atoms with van der Waals surface area (Å²) in [5, 5.41) is 16.6. The van der Waals surface area contributed by atoms with Crippen molar-refractivity contribution in [3.63, 3.8) is 0 Å². The number of rotatable bonds is 7. The summed E-state index contributed by atoms with van der Waals surface area (Å²) in [4.78, 5) is 9.02. The topological polar surface area (TPSA) is 91.9 Å². The van der Waals surface area contributed by atoms with Gasteiger partial charge in [-0.15, -0.1) is 24.0 Å². The molecule has 0 saturated heterocycles. The van der Waals surface area contributed by atoms with Crippen molar-refractivity contribution < 1.29 is 14.3 Å². The molecule has 1 heterocycles. The lowest BCUT2D eigenvalue weighted by Crippen LogP contribution is -2.36.